The van der Waals surface area contributed by atoms with E-state index in [2.05, 4.69) is 5.32 Å². The van der Waals surface area contributed by atoms with E-state index in [9.17, 15) is 4.79 Å². The zero-order chi connectivity index (χ0) is 17.6. The smallest absolute Gasteiger partial charge is 0.265 e. The second kappa shape index (κ2) is 7.71. The van der Waals surface area contributed by atoms with Crippen molar-refractivity contribution in [2.45, 2.75) is 19.4 Å². The summed E-state index contributed by atoms with van der Waals surface area (Å²) in [5, 5.41) is 4.97. The normalized spacial score (nSPS) is 11.8. The summed E-state index contributed by atoms with van der Waals surface area (Å²) < 4.78 is 11.3. The zero-order valence-corrected chi connectivity index (χ0v) is 14.4. The Bertz CT molecular complexity index is 870. The number of hydrogen-bond acceptors (Lipinski definition) is 3. The highest BCUT2D eigenvalue weighted by Crippen LogP contribution is 2.28. The van der Waals surface area contributed by atoms with Gasteiger partial charge in [0.15, 0.2) is 6.10 Å². The SMILES string of the molecule is CCC(Oc1cccc2ccccc12)C(=O)Nc1ccccc1OC. The number of nitrogens with one attached hydrogen (secondary N) is 1. The molecule has 0 bridgehead atoms. The molecule has 1 atom stereocenters. The number of carbonyl (C=O) groups excluding carboxylic acids is 1. The van der Waals surface area contributed by atoms with Gasteiger partial charge in [0.2, 0.25) is 0 Å². The van der Waals surface area contributed by atoms with E-state index in [1.165, 1.54) is 0 Å². The number of ether oxygens (including phenoxy) is 2. The van der Waals surface area contributed by atoms with Crippen LogP contribution < -0.4 is 14.8 Å². The predicted octanol–water partition coefficient (Wildman–Crippen LogP) is 4.64. The number of methoxy groups -OCH3 is 1. The van der Waals surface area contributed by atoms with Gasteiger partial charge in [-0.1, -0.05) is 55.5 Å². The monoisotopic (exact) mass is 335 g/mol. The summed E-state index contributed by atoms with van der Waals surface area (Å²) in [4.78, 5) is 12.7. The van der Waals surface area contributed by atoms with E-state index in [0.717, 1.165) is 10.8 Å². The molecule has 0 aliphatic heterocycles. The number of amides is 1. The summed E-state index contributed by atoms with van der Waals surface area (Å²) in [5.74, 6) is 1.14. The number of carbonyl (C=O) groups is 1. The quantitative estimate of drug-likeness (QED) is 0.713. The van der Waals surface area contributed by atoms with Gasteiger partial charge in [0, 0.05) is 5.39 Å². The first kappa shape index (κ1) is 16.8. The maximum absolute atomic E-state index is 12.7. The maximum atomic E-state index is 12.7. The lowest BCUT2D eigenvalue weighted by Gasteiger charge is -2.19. The summed E-state index contributed by atoms with van der Waals surface area (Å²) in [6, 6.07) is 21.1. The van der Waals surface area contributed by atoms with Crippen LogP contribution in [0.15, 0.2) is 66.7 Å². The molecule has 4 heteroatoms. The van der Waals surface area contributed by atoms with Crippen LogP contribution in [-0.2, 0) is 4.79 Å². The Morgan fingerprint density at radius 3 is 2.44 bits per heavy atom. The van der Waals surface area contributed by atoms with Crippen LogP contribution in [0.3, 0.4) is 0 Å². The Labute approximate surface area is 147 Å². The summed E-state index contributed by atoms with van der Waals surface area (Å²) in [5.41, 5.74) is 0.634. The topological polar surface area (TPSA) is 47.6 Å². The number of para-hydroxylation sites is 2. The fourth-order valence-electron chi connectivity index (χ4n) is 2.74. The molecule has 1 N–H and O–H groups in total. The van der Waals surface area contributed by atoms with Crippen molar-refractivity contribution < 1.29 is 14.3 Å². The Kier molecular flexibility index (Phi) is 5.19. The standard InChI is InChI=1S/C21H21NO3/c1-3-18(21(23)22-17-12-6-7-13-20(17)24-2)25-19-14-8-10-15-9-4-5-11-16(15)19/h4-14,18H,3H2,1-2H3,(H,22,23). The lowest BCUT2D eigenvalue weighted by atomic mass is 10.1. The van der Waals surface area contributed by atoms with Crippen molar-refractivity contribution in [1.82, 2.24) is 0 Å². The molecule has 0 aliphatic carbocycles. The molecule has 3 aromatic rings. The molecular formula is C21H21NO3. The van der Waals surface area contributed by atoms with Crippen molar-refractivity contribution in [1.29, 1.82) is 0 Å². The third-order valence-electron chi connectivity index (χ3n) is 4.05. The van der Waals surface area contributed by atoms with Crippen molar-refractivity contribution in [2.24, 2.45) is 0 Å². The molecule has 1 unspecified atom stereocenters. The van der Waals surface area contributed by atoms with Crippen molar-refractivity contribution in [3.05, 3.63) is 66.7 Å². The summed E-state index contributed by atoms with van der Waals surface area (Å²) in [6.07, 6.45) is -0.0276. The van der Waals surface area contributed by atoms with Gasteiger partial charge in [-0.15, -0.1) is 0 Å². The molecule has 3 rings (SSSR count). The number of anilines is 1. The maximum Gasteiger partial charge on any atom is 0.265 e. The molecule has 0 aliphatic rings. The van der Waals surface area contributed by atoms with Gasteiger partial charge in [-0.05, 0) is 30.0 Å². The van der Waals surface area contributed by atoms with Gasteiger partial charge in [-0.25, -0.2) is 0 Å². The van der Waals surface area contributed by atoms with Crippen LogP contribution >= 0.6 is 0 Å². The van der Waals surface area contributed by atoms with E-state index in [-0.39, 0.29) is 5.91 Å². The average Bonchev–Trinajstić information content (AvgIpc) is 2.66. The van der Waals surface area contributed by atoms with E-state index >= 15 is 0 Å². The molecule has 0 saturated heterocycles. The van der Waals surface area contributed by atoms with Crippen LogP contribution in [0.2, 0.25) is 0 Å². The first-order chi connectivity index (χ1) is 12.2. The molecule has 0 aromatic heterocycles. The molecule has 4 nitrogen and oxygen atoms in total. The van der Waals surface area contributed by atoms with E-state index in [1.807, 2.05) is 67.6 Å². The number of benzene rings is 3. The van der Waals surface area contributed by atoms with E-state index < -0.39 is 6.10 Å². The Morgan fingerprint density at radius 1 is 0.960 bits per heavy atom. The highest BCUT2D eigenvalue weighted by Gasteiger charge is 2.20. The van der Waals surface area contributed by atoms with Crippen LogP contribution in [0.5, 0.6) is 11.5 Å². The first-order valence-corrected chi connectivity index (χ1v) is 8.31. The molecular weight excluding hydrogens is 314 g/mol. The van der Waals surface area contributed by atoms with Gasteiger partial charge < -0.3 is 14.8 Å². The molecule has 3 aromatic carbocycles. The van der Waals surface area contributed by atoms with E-state index in [0.29, 0.717) is 23.6 Å². The summed E-state index contributed by atoms with van der Waals surface area (Å²) >= 11 is 0. The summed E-state index contributed by atoms with van der Waals surface area (Å²) in [6.45, 7) is 1.93. The molecule has 0 spiro atoms. The minimum Gasteiger partial charge on any atom is -0.495 e. The number of fused-ring (bicyclic) bond motifs is 1. The van der Waals surface area contributed by atoms with Gasteiger partial charge in [0.1, 0.15) is 11.5 Å². The van der Waals surface area contributed by atoms with Gasteiger partial charge >= 0.3 is 0 Å². The van der Waals surface area contributed by atoms with Crippen molar-refractivity contribution in [3.8, 4) is 11.5 Å². The molecule has 0 heterocycles. The Hall–Kier alpha value is -3.01. The van der Waals surface area contributed by atoms with Gasteiger partial charge in [0.05, 0.1) is 12.8 Å². The number of rotatable bonds is 6. The Balaban J connectivity index is 1.81. The largest absolute Gasteiger partial charge is 0.495 e. The predicted molar refractivity (Wildman–Crippen MR) is 100 cm³/mol. The first-order valence-electron chi connectivity index (χ1n) is 8.31. The van der Waals surface area contributed by atoms with Gasteiger partial charge in [0.25, 0.3) is 5.91 Å². The van der Waals surface area contributed by atoms with Crippen molar-refractivity contribution in [3.63, 3.8) is 0 Å². The number of hydrogen-bond donors (Lipinski definition) is 1. The highest BCUT2D eigenvalue weighted by molar-refractivity contribution is 5.96. The van der Waals surface area contributed by atoms with Crippen LogP contribution in [0, 0.1) is 0 Å². The second-order valence-electron chi connectivity index (χ2n) is 5.68. The van der Waals surface area contributed by atoms with Crippen LogP contribution in [0.25, 0.3) is 10.8 Å². The fourth-order valence-corrected chi connectivity index (χ4v) is 2.74. The Morgan fingerprint density at radius 2 is 1.64 bits per heavy atom. The van der Waals surface area contributed by atoms with E-state index in [1.54, 1.807) is 13.2 Å². The summed E-state index contributed by atoms with van der Waals surface area (Å²) in [7, 11) is 1.58. The van der Waals surface area contributed by atoms with E-state index in [4.69, 9.17) is 9.47 Å². The third-order valence-corrected chi connectivity index (χ3v) is 4.05. The van der Waals surface area contributed by atoms with Crippen molar-refractivity contribution >= 4 is 22.4 Å². The molecule has 0 fully saturated rings. The van der Waals surface area contributed by atoms with Gasteiger partial charge in [-0.2, -0.15) is 0 Å². The van der Waals surface area contributed by atoms with Crippen LogP contribution in [0.4, 0.5) is 5.69 Å². The van der Waals surface area contributed by atoms with Crippen molar-refractivity contribution in [2.75, 3.05) is 12.4 Å². The molecule has 0 saturated carbocycles. The zero-order valence-electron chi connectivity index (χ0n) is 14.4. The van der Waals surface area contributed by atoms with Crippen LogP contribution in [-0.4, -0.2) is 19.1 Å². The fraction of sp³-hybridized carbons (Fsp3) is 0.190. The minimum absolute atomic E-state index is 0.195. The third kappa shape index (κ3) is 3.74. The lowest BCUT2D eigenvalue weighted by Crippen LogP contribution is -2.32. The highest BCUT2D eigenvalue weighted by atomic mass is 16.5. The molecule has 128 valence electrons. The van der Waals surface area contributed by atoms with Gasteiger partial charge in [-0.3, -0.25) is 4.79 Å². The second-order valence-corrected chi connectivity index (χ2v) is 5.68. The minimum atomic E-state index is -0.587. The molecule has 1 amide bonds. The molecule has 25 heavy (non-hydrogen) atoms. The molecule has 0 radical (unpaired) electrons. The average molecular weight is 335 g/mol. The van der Waals surface area contributed by atoms with Crippen LogP contribution in [0.1, 0.15) is 13.3 Å². The lowest BCUT2D eigenvalue weighted by molar-refractivity contribution is -0.122.